The zero-order valence-corrected chi connectivity index (χ0v) is 11.3. The van der Waals surface area contributed by atoms with Crippen molar-refractivity contribution >= 4 is 5.69 Å². The molecule has 1 fully saturated rings. The third-order valence-electron chi connectivity index (χ3n) is 3.58. The van der Waals surface area contributed by atoms with Gasteiger partial charge in [-0.1, -0.05) is 0 Å². The number of hydrogen-bond acceptors (Lipinski definition) is 4. The van der Waals surface area contributed by atoms with Crippen molar-refractivity contribution in [3.8, 4) is 6.07 Å². The second-order valence-corrected chi connectivity index (χ2v) is 5.32. The number of anilines is 1. The molecule has 2 rings (SSSR count). The molecule has 0 atom stereocenters. The van der Waals surface area contributed by atoms with Gasteiger partial charge in [0.25, 0.3) is 0 Å². The number of rotatable bonds is 2. The molecule has 2 N–H and O–H groups in total. The Hall–Kier alpha value is -1.60. The van der Waals surface area contributed by atoms with Crippen LogP contribution in [-0.2, 0) is 0 Å². The van der Waals surface area contributed by atoms with Gasteiger partial charge in [-0.05, 0) is 52.8 Å². The van der Waals surface area contributed by atoms with Crippen molar-refractivity contribution in [1.82, 2.24) is 10.3 Å². The van der Waals surface area contributed by atoms with Crippen LogP contribution in [0, 0.1) is 25.2 Å². The highest BCUT2D eigenvalue weighted by atomic mass is 15.0. The van der Waals surface area contributed by atoms with Gasteiger partial charge >= 0.3 is 0 Å². The number of aromatic nitrogens is 1. The van der Waals surface area contributed by atoms with Gasteiger partial charge < -0.3 is 10.6 Å². The molecule has 1 saturated heterocycles. The predicted molar refractivity (Wildman–Crippen MR) is 72.6 cm³/mol. The van der Waals surface area contributed by atoms with Crippen LogP contribution in [0.5, 0.6) is 0 Å². The van der Waals surface area contributed by atoms with Crippen LogP contribution in [0.3, 0.4) is 0 Å². The Labute approximate surface area is 108 Å². The molecule has 0 amide bonds. The maximum atomic E-state index is 9.26. The van der Waals surface area contributed by atoms with E-state index in [-0.39, 0.29) is 5.54 Å². The third-order valence-corrected chi connectivity index (χ3v) is 3.58. The molecule has 0 saturated carbocycles. The minimum Gasteiger partial charge on any atom is -0.379 e. The molecule has 0 bridgehead atoms. The van der Waals surface area contributed by atoms with E-state index in [4.69, 9.17) is 0 Å². The minimum atomic E-state index is 0.0666. The quantitative estimate of drug-likeness (QED) is 0.836. The van der Waals surface area contributed by atoms with Crippen LogP contribution in [0.1, 0.15) is 36.7 Å². The zero-order chi connectivity index (χ0) is 13.2. The van der Waals surface area contributed by atoms with Crippen molar-refractivity contribution < 1.29 is 0 Å². The molecular formula is C14H20N4. The molecule has 0 unspecified atom stereocenters. The Kier molecular flexibility index (Phi) is 3.53. The van der Waals surface area contributed by atoms with Gasteiger partial charge in [0.05, 0.1) is 16.9 Å². The van der Waals surface area contributed by atoms with Crippen molar-refractivity contribution in [2.75, 3.05) is 18.4 Å². The largest absolute Gasteiger partial charge is 0.379 e. The van der Waals surface area contributed by atoms with Gasteiger partial charge in [-0.15, -0.1) is 0 Å². The number of piperidine rings is 1. The Morgan fingerprint density at radius 3 is 2.67 bits per heavy atom. The monoisotopic (exact) mass is 244 g/mol. The number of nitriles is 1. The molecule has 4 nitrogen and oxygen atoms in total. The lowest BCUT2D eigenvalue weighted by molar-refractivity contribution is 0.365. The standard InChI is InChI=1S/C14H20N4/c1-10-8-13(12(9-15)11(2)17-10)18-14(3)4-6-16-7-5-14/h8,16H,4-7H2,1-3H3,(H,17,18). The molecule has 96 valence electrons. The molecule has 1 aliphatic rings. The van der Waals surface area contributed by atoms with E-state index in [9.17, 15) is 5.26 Å². The molecule has 0 aromatic carbocycles. The minimum absolute atomic E-state index is 0.0666. The fraction of sp³-hybridized carbons (Fsp3) is 0.571. The summed E-state index contributed by atoms with van der Waals surface area (Å²) in [5.41, 5.74) is 3.41. The van der Waals surface area contributed by atoms with Gasteiger partial charge in [0.2, 0.25) is 0 Å². The van der Waals surface area contributed by atoms with Gasteiger partial charge in [0.1, 0.15) is 6.07 Å². The Morgan fingerprint density at radius 1 is 1.39 bits per heavy atom. The molecule has 0 aliphatic carbocycles. The lowest BCUT2D eigenvalue weighted by Crippen LogP contribution is -2.45. The lowest BCUT2D eigenvalue weighted by Gasteiger charge is -2.36. The lowest BCUT2D eigenvalue weighted by atomic mass is 9.90. The second kappa shape index (κ2) is 4.95. The van der Waals surface area contributed by atoms with Crippen LogP contribution in [-0.4, -0.2) is 23.6 Å². The third kappa shape index (κ3) is 2.62. The van der Waals surface area contributed by atoms with Crippen LogP contribution in [0.25, 0.3) is 0 Å². The van der Waals surface area contributed by atoms with Crippen LogP contribution in [0.4, 0.5) is 5.69 Å². The van der Waals surface area contributed by atoms with Crippen molar-refractivity contribution in [1.29, 1.82) is 5.26 Å². The van der Waals surface area contributed by atoms with E-state index in [1.165, 1.54) is 0 Å². The molecule has 1 aromatic rings. The van der Waals surface area contributed by atoms with Gasteiger partial charge in [-0.3, -0.25) is 4.98 Å². The summed E-state index contributed by atoms with van der Waals surface area (Å²) in [4.78, 5) is 4.35. The summed E-state index contributed by atoms with van der Waals surface area (Å²) in [5, 5.41) is 16.2. The number of nitrogens with zero attached hydrogens (tertiary/aromatic N) is 2. The van der Waals surface area contributed by atoms with E-state index in [1.54, 1.807) is 0 Å². The van der Waals surface area contributed by atoms with Gasteiger partial charge in [0.15, 0.2) is 0 Å². The Balaban J connectivity index is 2.31. The van der Waals surface area contributed by atoms with Gasteiger partial charge in [0, 0.05) is 11.2 Å². The first kappa shape index (κ1) is 12.8. The maximum Gasteiger partial charge on any atom is 0.103 e. The van der Waals surface area contributed by atoms with Gasteiger partial charge in [-0.2, -0.15) is 5.26 Å². The van der Waals surface area contributed by atoms with E-state index in [0.717, 1.165) is 43.0 Å². The van der Waals surface area contributed by atoms with Crippen molar-refractivity contribution in [2.24, 2.45) is 0 Å². The maximum absolute atomic E-state index is 9.26. The number of nitrogens with one attached hydrogen (secondary N) is 2. The van der Waals surface area contributed by atoms with E-state index < -0.39 is 0 Å². The number of pyridine rings is 1. The topological polar surface area (TPSA) is 60.7 Å². The predicted octanol–water partition coefficient (Wildman–Crippen LogP) is 2.12. The highest BCUT2D eigenvalue weighted by molar-refractivity contribution is 5.61. The van der Waals surface area contributed by atoms with Gasteiger partial charge in [-0.25, -0.2) is 0 Å². The zero-order valence-electron chi connectivity index (χ0n) is 11.3. The Morgan fingerprint density at radius 2 is 2.06 bits per heavy atom. The summed E-state index contributed by atoms with van der Waals surface area (Å²) in [6, 6.07) is 4.23. The summed E-state index contributed by atoms with van der Waals surface area (Å²) >= 11 is 0. The Bertz CT molecular complexity index is 481. The summed E-state index contributed by atoms with van der Waals surface area (Å²) in [6.45, 7) is 8.12. The molecular weight excluding hydrogens is 224 g/mol. The van der Waals surface area contributed by atoms with E-state index >= 15 is 0 Å². The molecule has 4 heteroatoms. The van der Waals surface area contributed by atoms with Crippen LogP contribution < -0.4 is 10.6 Å². The highest BCUT2D eigenvalue weighted by Gasteiger charge is 2.27. The number of aryl methyl sites for hydroxylation is 2. The molecule has 2 heterocycles. The fourth-order valence-electron chi connectivity index (χ4n) is 2.50. The summed E-state index contributed by atoms with van der Waals surface area (Å²) in [5.74, 6) is 0. The smallest absolute Gasteiger partial charge is 0.103 e. The van der Waals surface area contributed by atoms with Crippen molar-refractivity contribution in [2.45, 2.75) is 39.2 Å². The molecule has 1 aromatic heterocycles. The van der Waals surface area contributed by atoms with Crippen molar-refractivity contribution in [3.05, 3.63) is 23.0 Å². The summed E-state index contributed by atoms with van der Waals surface area (Å²) < 4.78 is 0. The van der Waals surface area contributed by atoms with Crippen molar-refractivity contribution in [3.63, 3.8) is 0 Å². The molecule has 0 spiro atoms. The molecule has 0 radical (unpaired) electrons. The fourth-order valence-corrected chi connectivity index (χ4v) is 2.50. The van der Waals surface area contributed by atoms with E-state index in [0.29, 0.717) is 5.56 Å². The average molecular weight is 244 g/mol. The van der Waals surface area contributed by atoms with Crippen LogP contribution in [0.2, 0.25) is 0 Å². The first-order chi connectivity index (χ1) is 8.54. The first-order valence-corrected chi connectivity index (χ1v) is 6.41. The first-order valence-electron chi connectivity index (χ1n) is 6.41. The summed E-state index contributed by atoms with van der Waals surface area (Å²) in [6.07, 6.45) is 2.14. The SMILES string of the molecule is Cc1cc(NC2(C)CCNCC2)c(C#N)c(C)n1. The normalized spacial score (nSPS) is 18.1. The molecule has 18 heavy (non-hydrogen) atoms. The average Bonchev–Trinajstić information content (AvgIpc) is 2.28. The van der Waals surface area contributed by atoms with E-state index in [1.807, 2.05) is 19.9 Å². The highest BCUT2D eigenvalue weighted by Crippen LogP contribution is 2.27. The molecule has 1 aliphatic heterocycles. The summed E-state index contributed by atoms with van der Waals surface area (Å²) in [7, 11) is 0. The van der Waals surface area contributed by atoms with E-state index in [2.05, 4.69) is 28.6 Å². The van der Waals surface area contributed by atoms with Crippen LogP contribution in [0.15, 0.2) is 6.07 Å². The second-order valence-electron chi connectivity index (χ2n) is 5.32. The number of hydrogen-bond donors (Lipinski definition) is 2. The van der Waals surface area contributed by atoms with Crippen LogP contribution >= 0.6 is 0 Å².